The monoisotopic (exact) mass is 273 g/mol. The number of fused-ring (bicyclic) bond motifs is 1. The highest BCUT2D eigenvalue weighted by Crippen LogP contribution is 2.30. The number of carboxylic acid groups (broad SMARTS) is 1. The Labute approximate surface area is 116 Å². The number of carboxylic acids is 1. The van der Waals surface area contributed by atoms with Gasteiger partial charge in [-0.05, 0) is 37.5 Å². The molecule has 1 aromatic heterocycles. The summed E-state index contributed by atoms with van der Waals surface area (Å²) in [4.78, 5) is 17.6. The van der Waals surface area contributed by atoms with Gasteiger partial charge < -0.3 is 14.5 Å². The summed E-state index contributed by atoms with van der Waals surface area (Å²) in [6.07, 6.45) is 1.71. The zero-order chi connectivity index (χ0) is 14.1. The van der Waals surface area contributed by atoms with Crippen molar-refractivity contribution < 1.29 is 14.4 Å². The zero-order valence-electron chi connectivity index (χ0n) is 11.2. The number of nitrogens with zero attached hydrogens (tertiary/aromatic N) is 3. The molecule has 2 aromatic rings. The number of rotatable bonds is 3. The zero-order valence-corrected chi connectivity index (χ0v) is 11.2. The van der Waals surface area contributed by atoms with Crippen LogP contribution in [-0.4, -0.2) is 27.8 Å². The fraction of sp³-hybridized carbons (Fsp3) is 0.357. The highest BCUT2D eigenvalue weighted by molar-refractivity contribution is 5.91. The van der Waals surface area contributed by atoms with E-state index in [-0.39, 0.29) is 0 Å². The Morgan fingerprint density at radius 2 is 2.35 bits per heavy atom. The first-order valence-electron chi connectivity index (χ1n) is 6.54. The third kappa shape index (κ3) is 2.24. The van der Waals surface area contributed by atoms with Gasteiger partial charge in [0.05, 0.1) is 12.1 Å². The van der Waals surface area contributed by atoms with Crippen LogP contribution in [0, 0.1) is 6.92 Å². The van der Waals surface area contributed by atoms with E-state index in [4.69, 9.17) is 4.52 Å². The van der Waals surface area contributed by atoms with Crippen molar-refractivity contribution in [2.45, 2.75) is 26.3 Å². The molecule has 3 rings (SSSR count). The smallest absolute Gasteiger partial charge is 0.336 e. The van der Waals surface area contributed by atoms with Crippen molar-refractivity contribution in [3.05, 3.63) is 41.0 Å². The first-order chi connectivity index (χ1) is 9.65. The van der Waals surface area contributed by atoms with Gasteiger partial charge in [-0.15, -0.1) is 0 Å². The summed E-state index contributed by atoms with van der Waals surface area (Å²) in [5.41, 5.74) is 2.23. The number of hydrogen-bond donors (Lipinski definition) is 1. The van der Waals surface area contributed by atoms with Crippen LogP contribution < -0.4 is 4.90 Å². The van der Waals surface area contributed by atoms with Crippen LogP contribution in [0.5, 0.6) is 0 Å². The minimum Gasteiger partial charge on any atom is -0.478 e. The number of benzene rings is 1. The lowest BCUT2D eigenvalue weighted by molar-refractivity contribution is 0.0695. The Balaban J connectivity index is 1.94. The number of aryl methyl sites for hydroxylation is 1. The molecule has 6 heteroatoms. The Morgan fingerprint density at radius 1 is 1.50 bits per heavy atom. The van der Waals surface area contributed by atoms with Crippen LogP contribution in [-0.2, 0) is 13.0 Å². The van der Waals surface area contributed by atoms with Crippen LogP contribution in [0.2, 0.25) is 0 Å². The summed E-state index contributed by atoms with van der Waals surface area (Å²) >= 11 is 0. The predicted molar refractivity (Wildman–Crippen MR) is 71.8 cm³/mol. The van der Waals surface area contributed by atoms with Gasteiger partial charge in [-0.25, -0.2) is 4.79 Å². The van der Waals surface area contributed by atoms with Crippen molar-refractivity contribution in [2.75, 3.05) is 11.4 Å². The highest BCUT2D eigenvalue weighted by Gasteiger charge is 2.23. The Kier molecular flexibility index (Phi) is 3.14. The lowest BCUT2D eigenvalue weighted by Crippen LogP contribution is -2.30. The maximum Gasteiger partial charge on any atom is 0.336 e. The average molecular weight is 273 g/mol. The number of hydrogen-bond acceptors (Lipinski definition) is 5. The van der Waals surface area contributed by atoms with Crippen LogP contribution in [0.3, 0.4) is 0 Å². The van der Waals surface area contributed by atoms with E-state index < -0.39 is 5.97 Å². The van der Waals surface area contributed by atoms with Crippen LogP contribution in [0.4, 0.5) is 5.69 Å². The predicted octanol–water partition coefficient (Wildman–Crippen LogP) is 2.03. The third-order valence-corrected chi connectivity index (χ3v) is 3.47. The number of aromatic nitrogens is 2. The lowest BCUT2D eigenvalue weighted by atomic mass is 9.96. The molecule has 0 atom stereocenters. The fourth-order valence-electron chi connectivity index (χ4n) is 2.63. The standard InChI is InChI=1S/C14H15N3O3/c1-9-15-13(20-16-9)8-17-7-3-5-10-11(14(18)19)4-2-6-12(10)17/h2,4,6H,3,5,7-8H2,1H3,(H,18,19). The second kappa shape index (κ2) is 4.96. The average Bonchev–Trinajstić information content (AvgIpc) is 2.84. The van der Waals surface area contributed by atoms with E-state index in [1.165, 1.54) is 0 Å². The first-order valence-corrected chi connectivity index (χ1v) is 6.54. The van der Waals surface area contributed by atoms with Gasteiger partial charge in [-0.3, -0.25) is 0 Å². The first kappa shape index (κ1) is 12.7. The lowest BCUT2D eigenvalue weighted by Gasteiger charge is -2.30. The van der Waals surface area contributed by atoms with Gasteiger partial charge in [0.1, 0.15) is 0 Å². The van der Waals surface area contributed by atoms with Gasteiger partial charge in [0.15, 0.2) is 5.82 Å². The Morgan fingerprint density at radius 3 is 3.05 bits per heavy atom. The van der Waals surface area contributed by atoms with Gasteiger partial charge >= 0.3 is 5.97 Å². The maximum absolute atomic E-state index is 11.3. The Hall–Kier alpha value is -2.37. The molecule has 1 aromatic carbocycles. The normalized spacial score (nSPS) is 14.2. The van der Waals surface area contributed by atoms with Crippen molar-refractivity contribution in [1.82, 2.24) is 10.1 Å². The van der Waals surface area contributed by atoms with Gasteiger partial charge in [0.2, 0.25) is 5.89 Å². The molecule has 104 valence electrons. The van der Waals surface area contributed by atoms with E-state index >= 15 is 0 Å². The van der Waals surface area contributed by atoms with Gasteiger partial charge in [0.25, 0.3) is 0 Å². The van der Waals surface area contributed by atoms with E-state index in [2.05, 4.69) is 15.0 Å². The minimum absolute atomic E-state index is 0.383. The maximum atomic E-state index is 11.3. The van der Waals surface area contributed by atoms with E-state index in [1.54, 1.807) is 19.1 Å². The molecular weight excluding hydrogens is 258 g/mol. The molecule has 6 nitrogen and oxygen atoms in total. The molecule has 1 N–H and O–H groups in total. The summed E-state index contributed by atoms with van der Waals surface area (Å²) in [7, 11) is 0. The summed E-state index contributed by atoms with van der Waals surface area (Å²) in [6.45, 7) is 3.15. The number of aromatic carboxylic acids is 1. The molecule has 0 spiro atoms. The van der Waals surface area contributed by atoms with E-state index in [1.807, 2.05) is 6.07 Å². The molecule has 2 heterocycles. The van der Waals surface area contributed by atoms with Crippen molar-refractivity contribution >= 4 is 11.7 Å². The van der Waals surface area contributed by atoms with Gasteiger partial charge in [0, 0.05) is 12.2 Å². The summed E-state index contributed by atoms with van der Waals surface area (Å²) in [6, 6.07) is 5.38. The number of carbonyl (C=O) groups is 1. The van der Waals surface area contributed by atoms with Crippen LogP contribution in [0.1, 0.15) is 34.1 Å². The Bertz CT molecular complexity index is 651. The molecule has 0 saturated heterocycles. The second-order valence-corrected chi connectivity index (χ2v) is 4.87. The van der Waals surface area contributed by atoms with Crippen LogP contribution in [0.25, 0.3) is 0 Å². The number of anilines is 1. The summed E-state index contributed by atoms with van der Waals surface area (Å²) < 4.78 is 5.14. The third-order valence-electron chi connectivity index (χ3n) is 3.47. The van der Waals surface area contributed by atoms with Crippen LogP contribution in [0.15, 0.2) is 22.7 Å². The molecule has 0 unspecified atom stereocenters. The molecule has 0 bridgehead atoms. The van der Waals surface area contributed by atoms with Crippen molar-refractivity contribution in [1.29, 1.82) is 0 Å². The van der Waals surface area contributed by atoms with E-state index in [0.29, 0.717) is 23.8 Å². The summed E-state index contributed by atoms with van der Waals surface area (Å²) in [5.74, 6) is 0.282. The van der Waals surface area contributed by atoms with Gasteiger partial charge in [-0.2, -0.15) is 4.98 Å². The SMILES string of the molecule is Cc1noc(CN2CCCc3c(C(=O)O)cccc32)n1. The minimum atomic E-state index is -0.877. The molecule has 0 fully saturated rings. The van der Waals surface area contributed by atoms with Gasteiger partial charge in [-0.1, -0.05) is 11.2 Å². The topological polar surface area (TPSA) is 79.5 Å². The molecule has 20 heavy (non-hydrogen) atoms. The van der Waals surface area contributed by atoms with Crippen molar-refractivity contribution in [2.24, 2.45) is 0 Å². The highest BCUT2D eigenvalue weighted by atomic mass is 16.5. The van der Waals surface area contributed by atoms with E-state index in [0.717, 1.165) is 30.6 Å². The van der Waals surface area contributed by atoms with Crippen molar-refractivity contribution in [3.8, 4) is 0 Å². The quantitative estimate of drug-likeness (QED) is 0.921. The van der Waals surface area contributed by atoms with Crippen LogP contribution >= 0.6 is 0 Å². The largest absolute Gasteiger partial charge is 0.478 e. The summed E-state index contributed by atoms with van der Waals surface area (Å²) in [5, 5.41) is 13.0. The molecule has 0 amide bonds. The van der Waals surface area contributed by atoms with E-state index in [9.17, 15) is 9.90 Å². The molecule has 0 radical (unpaired) electrons. The molecule has 1 aliphatic rings. The fourth-order valence-corrected chi connectivity index (χ4v) is 2.63. The molecule has 0 saturated carbocycles. The molecular formula is C14H15N3O3. The second-order valence-electron chi connectivity index (χ2n) is 4.87. The van der Waals surface area contributed by atoms with Crippen molar-refractivity contribution in [3.63, 3.8) is 0 Å². The molecule has 1 aliphatic heterocycles. The molecule has 0 aliphatic carbocycles.